The molecule has 1 atom stereocenters. The van der Waals surface area contributed by atoms with Gasteiger partial charge in [-0.15, -0.1) is 0 Å². The second kappa shape index (κ2) is 7.67. The monoisotopic (exact) mass is 373 g/mol. The van der Waals surface area contributed by atoms with Gasteiger partial charge in [-0.25, -0.2) is 4.79 Å². The Morgan fingerprint density at radius 1 is 1.37 bits per heavy atom. The van der Waals surface area contributed by atoms with E-state index < -0.39 is 17.4 Å². The molecule has 0 saturated carbocycles. The van der Waals surface area contributed by atoms with Gasteiger partial charge in [0.25, 0.3) is 5.56 Å². The lowest BCUT2D eigenvalue weighted by molar-refractivity contribution is 0.0938. The molecule has 144 valence electrons. The van der Waals surface area contributed by atoms with E-state index >= 15 is 0 Å². The first kappa shape index (κ1) is 18.7. The molecule has 0 saturated heterocycles. The Labute approximate surface area is 155 Å². The van der Waals surface area contributed by atoms with Crippen molar-refractivity contribution in [2.75, 3.05) is 18.5 Å². The van der Waals surface area contributed by atoms with Crippen LogP contribution in [0.3, 0.4) is 0 Å². The molecule has 27 heavy (non-hydrogen) atoms. The van der Waals surface area contributed by atoms with Crippen molar-refractivity contribution in [3.63, 3.8) is 0 Å². The van der Waals surface area contributed by atoms with Gasteiger partial charge in [0.2, 0.25) is 5.95 Å². The van der Waals surface area contributed by atoms with Gasteiger partial charge in [-0.05, 0) is 31.5 Å². The average molecular weight is 373 g/mol. The molecule has 3 aromatic rings. The lowest BCUT2D eigenvalue weighted by atomic mass is 10.2. The van der Waals surface area contributed by atoms with E-state index in [1.807, 2.05) is 38.1 Å². The molecule has 0 aliphatic carbocycles. The molecule has 2 heterocycles. The highest BCUT2D eigenvalue weighted by molar-refractivity contribution is 5.74. The standard InChI is InChI=1S/C18H23N5O4/c1-4-19-17-20-15-14(16(25)21-18(26)22(15)3)23(17)9-12(24)10-27-13-7-5-6-11(2)8-13/h5-8,12,24H,4,9-10H2,1-3H3,(H,19,20)(H,21,25,26)/t12-/m0/s1. The van der Waals surface area contributed by atoms with Crippen LogP contribution in [0.1, 0.15) is 12.5 Å². The number of fused-ring (bicyclic) bond motifs is 1. The lowest BCUT2D eigenvalue weighted by Crippen LogP contribution is -2.31. The fourth-order valence-corrected chi connectivity index (χ4v) is 2.87. The molecule has 3 rings (SSSR count). The highest BCUT2D eigenvalue weighted by atomic mass is 16.5. The van der Waals surface area contributed by atoms with Gasteiger partial charge in [0.15, 0.2) is 11.2 Å². The molecule has 0 amide bonds. The number of anilines is 1. The van der Waals surface area contributed by atoms with Crippen molar-refractivity contribution in [3.05, 3.63) is 50.7 Å². The molecule has 2 aromatic heterocycles. The van der Waals surface area contributed by atoms with E-state index in [0.717, 1.165) is 5.56 Å². The normalized spacial score (nSPS) is 12.3. The molecule has 0 bridgehead atoms. The van der Waals surface area contributed by atoms with E-state index in [9.17, 15) is 14.7 Å². The number of ether oxygens (including phenoxy) is 1. The predicted octanol–water partition coefficient (Wildman–Crippen LogP) is 0.603. The number of nitrogens with zero attached hydrogens (tertiary/aromatic N) is 3. The third-order valence-corrected chi connectivity index (χ3v) is 4.17. The Morgan fingerprint density at radius 2 is 2.15 bits per heavy atom. The molecule has 0 radical (unpaired) electrons. The van der Waals surface area contributed by atoms with E-state index in [0.29, 0.717) is 18.2 Å². The molecule has 0 fully saturated rings. The maximum absolute atomic E-state index is 12.3. The SMILES string of the molecule is CCNc1nc2c(c(=O)[nH]c(=O)n2C)n1C[C@H](O)COc1cccc(C)c1. The molecule has 1 aromatic carbocycles. The zero-order valence-electron chi connectivity index (χ0n) is 15.5. The summed E-state index contributed by atoms with van der Waals surface area (Å²) in [7, 11) is 1.53. The number of aryl methyl sites for hydroxylation is 2. The van der Waals surface area contributed by atoms with Crippen molar-refractivity contribution < 1.29 is 9.84 Å². The minimum Gasteiger partial charge on any atom is -0.491 e. The minimum atomic E-state index is -0.878. The van der Waals surface area contributed by atoms with Gasteiger partial charge in [-0.3, -0.25) is 14.3 Å². The summed E-state index contributed by atoms with van der Waals surface area (Å²) in [6.07, 6.45) is -0.878. The van der Waals surface area contributed by atoms with Crippen molar-refractivity contribution >= 4 is 17.1 Å². The topological polar surface area (TPSA) is 114 Å². The van der Waals surface area contributed by atoms with Gasteiger partial charge in [0, 0.05) is 13.6 Å². The first-order valence-electron chi connectivity index (χ1n) is 8.71. The number of imidazole rings is 1. The molecule has 9 heteroatoms. The van der Waals surface area contributed by atoms with E-state index in [1.54, 1.807) is 4.57 Å². The van der Waals surface area contributed by atoms with E-state index in [4.69, 9.17) is 4.74 Å². The Kier molecular flexibility index (Phi) is 5.31. The van der Waals surface area contributed by atoms with Crippen LogP contribution in [0.25, 0.3) is 11.2 Å². The number of H-pyrrole nitrogens is 1. The predicted molar refractivity (Wildman–Crippen MR) is 102 cm³/mol. The van der Waals surface area contributed by atoms with E-state index in [1.165, 1.54) is 11.6 Å². The molecule has 0 spiro atoms. The minimum absolute atomic E-state index is 0.0539. The first-order valence-corrected chi connectivity index (χ1v) is 8.71. The average Bonchev–Trinajstić information content (AvgIpc) is 2.97. The maximum atomic E-state index is 12.3. The summed E-state index contributed by atoms with van der Waals surface area (Å²) in [4.78, 5) is 30.7. The Balaban J connectivity index is 1.88. The van der Waals surface area contributed by atoms with Gasteiger partial charge in [-0.2, -0.15) is 4.98 Å². The number of aliphatic hydroxyl groups excluding tert-OH is 1. The van der Waals surface area contributed by atoms with Crippen LogP contribution in [0, 0.1) is 6.92 Å². The Hall–Kier alpha value is -3.07. The Morgan fingerprint density at radius 3 is 2.85 bits per heavy atom. The molecule has 3 N–H and O–H groups in total. The highest BCUT2D eigenvalue weighted by Crippen LogP contribution is 2.17. The summed E-state index contributed by atoms with van der Waals surface area (Å²) < 4.78 is 8.48. The van der Waals surface area contributed by atoms with Gasteiger partial charge in [0.05, 0.1) is 6.54 Å². The summed E-state index contributed by atoms with van der Waals surface area (Å²) in [5, 5.41) is 13.5. The van der Waals surface area contributed by atoms with Crippen LogP contribution in [-0.2, 0) is 13.6 Å². The quantitative estimate of drug-likeness (QED) is 0.559. The smallest absolute Gasteiger partial charge is 0.329 e. The molecular weight excluding hydrogens is 350 g/mol. The van der Waals surface area contributed by atoms with Crippen LogP contribution in [0.5, 0.6) is 5.75 Å². The van der Waals surface area contributed by atoms with Crippen LogP contribution >= 0.6 is 0 Å². The zero-order chi connectivity index (χ0) is 19.6. The third kappa shape index (κ3) is 3.87. The second-order valence-corrected chi connectivity index (χ2v) is 6.35. The number of hydrogen-bond donors (Lipinski definition) is 3. The summed E-state index contributed by atoms with van der Waals surface area (Å²) in [6, 6.07) is 7.53. The van der Waals surface area contributed by atoms with E-state index in [2.05, 4.69) is 15.3 Å². The van der Waals surface area contributed by atoms with Crippen molar-refractivity contribution in [3.8, 4) is 5.75 Å². The van der Waals surface area contributed by atoms with Gasteiger partial charge in [0.1, 0.15) is 18.5 Å². The van der Waals surface area contributed by atoms with Crippen LogP contribution in [0.15, 0.2) is 33.9 Å². The van der Waals surface area contributed by atoms with Gasteiger partial charge < -0.3 is 19.7 Å². The summed E-state index contributed by atoms with van der Waals surface area (Å²) in [5.74, 6) is 1.07. The first-order chi connectivity index (χ1) is 12.9. The summed E-state index contributed by atoms with van der Waals surface area (Å²) in [6.45, 7) is 4.57. The van der Waals surface area contributed by atoms with Crippen molar-refractivity contribution in [1.82, 2.24) is 19.1 Å². The molecular formula is C18H23N5O4. The van der Waals surface area contributed by atoms with Crippen LogP contribution in [0.2, 0.25) is 0 Å². The Bertz CT molecular complexity index is 1070. The van der Waals surface area contributed by atoms with Gasteiger partial charge >= 0.3 is 5.69 Å². The second-order valence-electron chi connectivity index (χ2n) is 6.35. The number of aromatic nitrogens is 4. The molecule has 0 aliphatic rings. The molecule has 9 nitrogen and oxygen atoms in total. The maximum Gasteiger partial charge on any atom is 0.329 e. The summed E-state index contributed by atoms with van der Waals surface area (Å²) in [5.41, 5.74) is 0.457. The highest BCUT2D eigenvalue weighted by Gasteiger charge is 2.19. The number of nitrogens with one attached hydrogen (secondary N) is 2. The number of hydrogen-bond acceptors (Lipinski definition) is 6. The van der Waals surface area contributed by atoms with Crippen molar-refractivity contribution in [1.29, 1.82) is 0 Å². The lowest BCUT2D eigenvalue weighted by Gasteiger charge is -2.15. The largest absolute Gasteiger partial charge is 0.491 e. The van der Waals surface area contributed by atoms with Gasteiger partial charge in [-0.1, -0.05) is 12.1 Å². The third-order valence-electron chi connectivity index (χ3n) is 4.17. The van der Waals surface area contributed by atoms with E-state index in [-0.39, 0.29) is 24.3 Å². The summed E-state index contributed by atoms with van der Waals surface area (Å²) >= 11 is 0. The fourth-order valence-electron chi connectivity index (χ4n) is 2.87. The molecule has 0 unspecified atom stereocenters. The number of benzene rings is 1. The number of aliphatic hydroxyl groups is 1. The van der Waals surface area contributed by atoms with Crippen molar-refractivity contribution in [2.24, 2.45) is 7.05 Å². The number of aromatic amines is 1. The van der Waals surface area contributed by atoms with Crippen LogP contribution < -0.4 is 21.3 Å². The van der Waals surface area contributed by atoms with Crippen molar-refractivity contribution in [2.45, 2.75) is 26.5 Å². The molecule has 0 aliphatic heterocycles. The van der Waals surface area contributed by atoms with Crippen LogP contribution in [0.4, 0.5) is 5.95 Å². The van der Waals surface area contributed by atoms with Crippen LogP contribution in [-0.4, -0.2) is 43.5 Å². The fraction of sp³-hybridized carbons (Fsp3) is 0.389. The number of rotatable bonds is 7. The zero-order valence-corrected chi connectivity index (χ0v) is 15.5.